The van der Waals surface area contributed by atoms with Crippen molar-refractivity contribution in [3.63, 3.8) is 0 Å². The third-order valence-corrected chi connectivity index (χ3v) is 11.6. The van der Waals surface area contributed by atoms with Crippen LogP contribution < -0.4 is 14.4 Å². The number of fused-ring (bicyclic) bond motifs is 5. The summed E-state index contributed by atoms with van der Waals surface area (Å²) in [5.41, 5.74) is 4.73. The lowest BCUT2D eigenvalue weighted by atomic mass is 9.65. The number of hydrogen-bond acceptors (Lipinski definition) is 6. The van der Waals surface area contributed by atoms with Crippen molar-refractivity contribution >= 4 is 33.4 Å². The van der Waals surface area contributed by atoms with Crippen LogP contribution in [0.15, 0.2) is 48.0 Å². The van der Waals surface area contributed by atoms with Crippen LogP contribution in [-0.2, 0) is 27.9 Å². The molecule has 5 aliphatic rings. The van der Waals surface area contributed by atoms with E-state index < -0.39 is 16.1 Å². The van der Waals surface area contributed by atoms with Gasteiger partial charge in [0.25, 0.3) is 5.91 Å². The second kappa shape index (κ2) is 11.8. The van der Waals surface area contributed by atoms with Crippen LogP contribution in [0.5, 0.6) is 5.75 Å². The van der Waals surface area contributed by atoms with Gasteiger partial charge in [0, 0.05) is 43.9 Å². The molecular formula is C32H40ClN3O5S. The molecule has 1 N–H and O–H groups in total. The molecule has 2 aromatic rings. The summed E-state index contributed by atoms with van der Waals surface area (Å²) in [5.74, 6) is 0.872. The van der Waals surface area contributed by atoms with Crippen LogP contribution in [0.1, 0.15) is 60.5 Å². The van der Waals surface area contributed by atoms with Crippen molar-refractivity contribution in [1.82, 2.24) is 9.03 Å². The maximum absolute atomic E-state index is 13.4. The Bertz CT molecular complexity index is 1490. The number of ether oxygens (including phenoxy) is 2. The van der Waals surface area contributed by atoms with Crippen molar-refractivity contribution in [2.24, 2.45) is 17.8 Å². The van der Waals surface area contributed by atoms with Crippen molar-refractivity contribution in [2.75, 3.05) is 32.2 Å². The minimum atomic E-state index is -4.06. The molecule has 1 fully saturated rings. The van der Waals surface area contributed by atoms with Gasteiger partial charge in [-0.25, -0.2) is 4.72 Å². The number of anilines is 1. The topological polar surface area (TPSA) is 88.2 Å². The molecule has 1 amide bonds. The average Bonchev–Trinajstić information content (AvgIpc) is 2.95. The van der Waals surface area contributed by atoms with E-state index in [-0.39, 0.29) is 23.6 Å². The summed E-state index contributed by atoms with van der Waals surface area (Å²) in [6.45, 7) is 3.82. The molecule has 42 heavy (non-hydrogen) atoms. The van der Waals surface area contributed by atoms with Crippen LogP contribution in [0.25, 0.3) is 0 Å². The molecule has 1 saturated carbocycles. The van der Waals surface area contributed by atoms with Crippen molar-refractivity contribution in [3.8, 4) is 5.75 Å². The zero-order valence-electron chi connectivity index (χ0n) is 24.5. The Morgan fingerprint density at radius 3 is 2.64 bits per heavy atom. The van der Waals surface area contributed by atoms with Crippen LogP contribution in [-0.4, -0.2) is 58.1 Å². The number of carbonyl (C=O) groups excluding carboxylic acids is 1. The van der Waals surface area contributed by atoms with E-state index >= 15 is 0 Å². The van der Waals surface area contributed by atoms with E-state index in [1.807, 2.05) is 13.0 Å². The molecule has 10 heteroatoms. The number of benzene rings is 2. The predicted molar refractivity (Wildman–Crippen MR) is 164 cm³/mol. The van der Waals surface area contributed by atoms with Crippen LogP contribution in [0.3, 0.4) is 0 Å². The van der Waals surface area contributed by atoms with Gasteiger partial charge in [0.05, 0.1) is 18.4 Å². The molecule has 0 aromatic heterocycles. The van der Waals surface area contributed by atoms with Crippen molar-refractivity contribution < 1.29 is 22.7 Å². The monoisotopic (exact) mass is 613 g/mol. The van der Waals surface area contributed by atoms with E-state index in [1.165, 1.54) is 28.1 Å². The van der Waals surface area contributed by atoms with Gasteiger partial charge in [0.15, 0.2) is 0 Å². The molecule has 3 heterocycles. The number of nitrogens with one attached hydrogen (secondary N) is 1. The van der Waals surface area contributed by atoms with Gasteiger partial charge in [-0.2, -0.15) is 12.7 Å². The summed E-state index contributed by atoms with van der Waals surface area (Å²) in [7, 11) is -0.752. The molecule has 8 nitrogen and oxygen atoms in total. The fraction of sp³-hybridized carbons (Fsp3) is 0.531. The highest BCUT2D eigenvalue weighted by molar-refractivity contribution is 7.87. The Hall–Kier alpha value is -2.59. The highest BCUT2D eigenvalue weighted by Gasteiger charge is 2.44. The third-order valence-electron chi connectivity index (χ3n) is 9.82. The first-order valence-electron chi connectivity index (χ1n) is 15.0. The number of methoxy groups -OCH3 is 1. The van der Waals surface area contributed by atoms with Gasteiger partial charge in [-0.1, -0.05) is 23.7 Å². The normalized spacial score (nSPS) is 29.7. The maximum Gasteiger partial charge on any atom is 0.304 e. The molecule has 3 aliphatic heterocycles. The lowest BCUT2D eigenvalue weighted by molar-refractivity contribution is -0.000350. The molecule has 226 valence electrons. The van der Waals surface area contributed by atoms with Gasteiger partial charge in [-0.3, -0.25) is 4.79 Å². The lowest BCUT2D eigenvalue weighted by Gasteiger charge is -2.47. The third kappa shape index (κ3) is 5.68. The molecule has 0 saturated heterocycles. The number of halogens is 1. The molecule has 5 atom stereocenters. The van der Waals surface area contributed by atoms with Gasteiger partial charge in [0.2, 0.25) is 0 Å². The molecule has 4 bridgehead atoms. The minimum Gasteiger partial charge on any atom is -0.491 e. The first kappa shape index (κ1) is 29.5. The first-order chi connectivity index (χ1) is 20.1. The second-order valence-electron chi connectivity index (χ2n) is 12.2. The maximum atomic E-state index is 13.4. The Balaban J connectivity index is 1.45. The van der Waals surface area contributed by atoms with Crippen LogP contribution in [0.4, 0.5) is 5.69 Å². The number of amides is 1. The summed E-state index contributed by atoms with van der Waals surface area (Å²) < 4.78 is 42.5. The molecule has 0 radical (unpaired) electrons. The van der Waals surface area contributed by atoms with Crippen molar-refractivity contribution in [2.45, 2.75) is 64.1 Å². The van der Waals surface area contributed by atoms with Crippen molar-refractivity contribution in [1.29, 1.82) is 0 Å². The second-order valence-corrected chi connectivity index (χ2v) is 14.4. The fourth-order valence-electron chi connectivity index (χ4n) is 6.94. The van der Waals surface area contributed by atoms with Gasteiger partial charge in [-0.05, 0) is 110 Å². The van der Waals surface area contributed by atoms with E-state index in [0.717, 1.165) is 55.8 Å². The molecule has 2 aromatic carbocycles. The van der Waals surface area contributed by atoms with Gasteiger partial charge >= 0.3 is 10.2 Å². The standard InChI is InChI=1S/C32H40ClN3O5S/c1-20-25-14-26(15-25)31(40-3)28-11-8-24(28)19-36-18-23-7-10-27(33)16-21(23)6-4-5-13-41-30-12-9-22(17-29(30)36)32(37)34-42(38,39)35(20)2/h7,9-10,12,14,16-17,20,24-25,28,31H,4-6,8,11,13,15,18-19H2,1-3H3,(H,34,37)/t20-,24-,25?,28+,31+/m0/s1. The van der Waals surface area contributed by atoms with Crippen LogP contribution >= 0.6 is 11.6 Å². The quantitative estimate of drug-likeness (QED) is 0.436. The Morgan fingerprint density at radius 2 is 1.90 bits per heavy atom. The zero-order chi connectivity index (χ0) is 29.6. The smallest absolute Gasteiger partial charge is 0.304 e. The Labute approximate surface area is 254 Å². The molecule has 1 unspecified atom stereocenters. The Kier molecular flexibility index (Phi) is 8.30. The highest BCUT2D eigenvalue weighted by atomic mass is 35.5. The lowest BCUT2D eigenvalue weighted by Crippen LogP contribution is -2.50. The van der Waals surface area contributed by atoms with Gasteiger partial charge in [-0.15, -0.1) is 0 Å². The molecular weight excluding hydrogens is 574 g/mol. The van der Waals surface area contributed by atoms with E-state index in [2.05, 4.69) is 27.8 Å². The van der Waals surface area contributed by atoms with E-state index in [0.29, 0.717) is 30.7 Å². The Morgan fingerprint density at radius 1 is 1.10 bits per heavy atom. The average molecular weight is 614 g/mol. The van der Waals surface area contributed by atoms with E-state index in [1.54, 1.807) is 25.3 Å². The molecule has 0 spiro atoms. The zero-order valence-corrected chi connectivity index (χ0v) is 26.1. The van der Waals surface area contributed by atoms with E-state index in [9.17, 15) is 13.2 Å². The van der Waals surface area contributed by atoms with Gasteiger partial charge in [0.1, 0.15) is 5.75 Å². The molecule has 7 rings (SSSR count). The summed E-state index contributed by atoms with van der Waals surface area (Å²) in [6.07, 6.45) is 7.92. The van der Waals surface area contributed by atoms with Crippen LogP contribution in [0.2, 0.25) is 5.02 Å². The number of rotatable bonds is 1. The minimum absolute atomic E-state index is 0.0128. The van der Waals surface area contributed by atoms with Crippen LogP contribution in [0, 0.1) is 17.8 Å². The van der Waals surface area contributed by atoms with E-state index in [4.69, 9.17) is 21.1 Å². The van der Waals surface area contributed by atoms with Crippen molar-refractivity contribution in [3.05, 3.63) is 69.8 Å². The fourth-order valence-corrected chi connectivity index (χ4v) is 8.22. The number of carbonyl (C=O) groups is 1. The first-order valence-corrected chi connectivity index (χ1v) is 16.8. The number of nitrogens with zero attached hydrogens (tertiary/aromatic N) is 2. The number of hydrogen-bond donors (Lipinski definition) is 1. The summed E-state index contributed by atoms with van der Waals surface area (Å²) in [4.78, 5) is 15.7. The highest BCUT2D eigenvalue weighted by Crippen LogP contribution is 2.46. The predicted octanol–water partition coefficient (Wildman–Crippen LogP) is 5.36. The SMILES string of the molecule is CO[C@@H]1C2=CC(C2)[C@H](C)N(C)S(=O)(=O)NC(=O)c2ccc3c(c2)N(Cc2ccc(Cl)cc2CCCCO3)C[C@@H]2CC[C@H]21. The molecule has 2 aliphatic carbocycles. The number of aryl methyl sites for hydroxylation is 1. The summed E-state index contributed by atoms with van der Waals surface area (Å²) in [6, 6.07) is 11.0. The summed E-state index contributed by atoms with van der Waals surface area (Å²) >= 11 is 6.42. The largest absolute Gasteiger partial charge is 0.491 e. The van der Waals surface area contributed by atoms with Gasteiger partial charge < -0.3 is 14.4 Å². The summed E-state index contributed by atoms with van der Waals surface area (Å²) in [5, 5.41) is 0.724.